The third-order valence-corrected chi connectivity index (χ3v) is 3.19. The van der Waals surface area contributed by atoms with E-state index in [2.05, 4.69) is 22.9 Å². The highest BCUT2D eigenvalue weighted by Gasteiger charge is 2.36. The van der Waals surface area contributed by atoms with Gasteiger partial charge in [-0.25, -0.2) is 0 Å². The van der Waals surface area contributed by atoms with Gasteiger partial charge in [0.1, 0.15) is 11.3 Å². The van der Waals surface area contributed by atoms with Crippen LogP contribution in [0, 0.1) is 6.92 Å². The van der Waals surface area contributed by atoms with Gasteiger partial charge < -0.3 is 9.47 Å². The summed E-state index contributed by atoms with van der Waals surface area (Å²) in [6, 6.07) is 7.96. The first-order valence-electron chi connectivity index (χ1n) is 5.69. The Morgan fingerprint density at radius 2 is 1.81 bits per heavy atom. The molecule has 88 valence electrons. The highest BCUT2D eigenvalue weighted by atomic mass is 79.9. The number of aryl methyl sites for hydroxylation is 1. The van der Waals surface area contributed by atoms with E-state index in [1.54, 1.807) is 0 Å². The summed E-state index contributed by atoms with van der Waals surface area (Å²) in [7, 11) is 0. The van der Waals surface area contributed by atoms with Gasteiger partial charge in [0.25, 0.3) is 0 Å². The molecule has 2 aliphatic heterocycles. The molecule has 1 aromatic rings. The van der Waals surface area contributed by atoms with Gasteiger partial charge in [0.2, 0.25) is 0 Å². The van der Waals surface area contributed by atoms with E-state index in [4.69, 9.17) is 9.47 Å². The second-order valence-corrected chi connectivity index (χ2v) is 4.72. The van der Waals surface area contributed by atoms with Crippen molar-refractivity contribution in [3.8, 4) is 5.75 Å². The van der Waals surface area contributed by atoms with Gasteiger partial charge in [-0.2, -0.15) is 0 Å². The van der Waals surface area contributed by atoms with E-state index >= 15 is 0 Å². The zero-order valence-electron chi connectivity index (χ0n) is 9.49. The van der Waals surface area contributed by atoms with E-state index < -0.39 is 0 Å². The van der Waals surface area contributed by atoms with Crippen LogP contribution in [0.4, 0.5) is 0 Å². The van der Waals surface area contributed by atoms with Crippen molar-refractivity contribution in [1.29, 1.82) is 0 Å². The quantitative estimate of drug-likeness (QED) is 0.772. The molecule has 2 atom stereocenters. The number of alkyl halides is 1. The largest absolute Gasteiger partial charge is 0.482 e. The predicted molar refractivity (Wildman–Crippen MR) is 68.1 cm³/mol. The molecule has 0 spiro atoms. The van der Waals surface area contributed by atoms with Crippen LogP contribution in [0.15, 0.2) is 24.3 Å². The van der Waals surface area contributed by atoms with E-state index in [1.807, 2.05) is 24.3 Å². The summed E-state index contributed by atoms with van der Waals surface area (Å²) in [4.78, 5) is 0. The van der Waals surface area contributed by atoms with Gasteiger partial charge in [-0.3, -0.25) is 0 Å². The molecule has 0 radical (unpaired) electrons. The van der Waals surface area contributed by atoms with Crippen molar-refractivity contribution < 1.29 is 9.47 Å². The molecule has 2 bridgehead atoms. The minimum atomic E-state index is 0.552. The number of fused-ring (bicyclic) bond motifs is 1. The molecular formula is C13H17BrO2. The van der Waals surface area contributed by atoms with Gasteiger partial charge >= 0.3 is 0 Å². The molecule has 0 N–H and O–H groups in total. The molecule has 0 aromatic heterocycles. The lowest BCUT2D eigenvalue weighted by molar-refractivity contribution is -0.0647. The number of benzene rings is 1. The number of hydrogen-bond acceptors (Lipinski definition) is 2. The van der Waals surface area contributed by atoms with E-state index in [-0.39, 0.29) is 0 Å². The number of hydrogen-bond donors (Lipinski definition) is 0. The molecule has 1 aliphatic carbocycles. The van der Waals surface area contributed by atoms with Crippen molar-refractivity contribution in [2.75, 3.05) is 5.52 Å². The molecule has 2 heterocycles. The average molecular weight is 285 g/mol. The van der Waals surface area contributed by atoms with Crippen molar-refractivity contribution in [2.45, 2.75) is 38.4 Å². The summed E-state index contributed by atoms with van der Waals surface area (Å²) in [5.41, 5.74) is 1.80. The van der Waals surface area contributed by atoms with Crippen LogP contribution in [0.5, 0.6) is 5.75 Å². The Morgan fingerprint density at radius 3 is 2.19 bits per heavy atom. The van der Waals surface area contributed by atoms with Crippen molar-refractivity contribution >= 4 is 15.9 Å². The smallest absolute Gasteiger partial charge is 0.143 e. The van der Waals surface area contributed by atoms with Crippen LogP contribution < -0.4 is 4.74 Å². The highest BCUT2D eigenvalue weighted by Crippen LogP contribution is 2.36. The third-order valence-electron chi connectivity index (χ3n) is 2.96. The van der Waals surface area contributed by atoms with Crippen LogP contribution in [-0.2, 0) is 4.74 Å². The number of ether oxygens (including phenoxy) is 2. The molecular weight excluding hydrogens is 268 g/mol. The first-order valence-corrected chi connectivity index (χ1v) is 6.81. The maximum absolute atomic E-state index is 5.25. The molecule has 1 aromatic carbocycles. The normalized spacial score (nSPS) is 25.4. The Labute approximate surface area is 105 Å². The molecule has 3 heteroatoms. The topological polar surface area (TPSA) is 18.5 Å². The molecule has 16 heavy (non-hydrogen) atoms. The Kier molecular flexibility index (Phi) is 4.24. The van der Waals surface area contributed by atoms with E-state index in [1.165, 1.54) is 24.8 Å². The standard InChI is InChI=1S/C8H9BrO.C5H8O/c1-7-2-4-8(5-3-7)10-6-9;1-2-5-3-4(1)6-5/h2-5H,6H2,1H3;4-5H,1-3H2. The second-order valence-electron chi connectivity index (χ2n) is 4.26. The van der Waals surface area contributed by atoms with Crippen LogP contribution in [0.1, 0.15) is 24.8 Å². The average Bonchev–Trinajstić information content (AvgIpc) is 2.85. The summed E-state index contributed by atoms with van der Waals surface area (Å²) in [6.07, 6.45) is 5.42. The Balaban J connectivity index is 0.000000134. The number of halogens is 1. The molecule has 2 saturated heterocycles. The minimum absolute atomic E-state index is 0.552. The molecule has 2 nitrogen and oxygen atoms in total. The van der Waals surface area contributed by atoms with Crippen molar-refractivity contribution in [3.05, 3.63) is 29.8 Å². The molecule has 3 fully saturated rings. The number of rotatable bonds is 2. The lowest BCUT2D eigenvalue weighted by atomic mass is 10.2. The molecule has 0 amide bonds. The van der Waals surface area contributed by atoms with Crippen molar-refractivity contribution in [1.82, 2.24) is 0 Å². The van der Waals surface area contributed by atoms with Crippen molar-refractivity contribution in [3.63, 3.8) is 0 Å². The lowest BCUT2D eigenvalue weighted by Crippen LogP contribution is -2.25. The summed E-state index contributed by atoms with van der Waals surface area (Å²) in [5, 5.41) is 0. The van der Waals surface area contributed by atoms with Crippen molar-refractivity contribution in [2.24, 2.45) is 0 Å². The van der Waals surface area contributed by atoms with Crippen LogP contribution in [0.25, 0.3) is 0 Å². The predicted octanol–water partition coefficient (Wildman–Crippen LogP) is 3.66. The first kappa shape index (κ1) is 11.9. The molecule has 4 rings (SSSR count). The van der Waals surface area contributed by atoms with Gasteiger partial charge in [0, 0.05) is 0 Å². The summed E-state index contributed by atoms with van der Waals surface area (Å²) in [5.74, 6) is 0.905. The SMILES string of the molecule is C1CC2CC1O2.Cc1ccc(OCBr)cc1. The maximum atomic E-state index is 5.25. The fraction of sp³-hybridized carbons (Fsp3) is 0.538. The monoisotopic (exact) mass is 284 g/mol. The second kappa shape index (κ2) is 5.69. The summed E-state index contributed by atoms with van der Waals surface area (Å²) >= 11 is 3.18. The fourth-order valence-corrected chi connectivity index (χ4v) is 2.26. The van der Waals surface area contributed by atoms with E-state index in [0.29, 0.717) is 17.7 Å². The minimum Gasteiger partial charge on any atom is -0.482 e. The maximum Gasteiger partial charge on any atom is 0.143 e. The van der Waals surface area contributed by atoms with Gasteiger partial charge in [-0.1, -0.05) is 17.7 Å². The highest BCUT2D eigenvalue weighted by molar-refractivity contribution is 9.09. The Morgan fingerprint density at radius 1 is 1.25 bits per heavy atom. The molecule has 2 unspecified atom stereocenters. The van der Waals surface area contributed by atoms with Gasteiger partial charge in [-0.15, -0.1) is 0 Å². The van der Waals surface area contributed by atoms with E-state index in [9.17, 15) is 0 Å². The summed E-state index contributed by atoms with van der Waals surface area (Å²) < 4.78 is 10.4. The molecule has 3 aliphatic rings. The van der Waals surface area contributed by atoms with Crippen LogP contribution in [0.2, 0.25) is 0 Å². The Hall–Kier alpha value is -0.540. The lowest BCUT2D eigenvalue weighted by Gasteiger charge is -2.23. The fourth-order valence-electron chi connectivity index (χ4n) is 2.00. The third kappa shape index (κ3) is 3.22. The van der Waals surface area contributed by atoms with Crippen LogP contribution in [-0.4, -0.2) is 17.7 Å². The van der Waals surface area contributed by atoms with E-state index in [0.717, 1.165) is 5.75 Å². The first-order chi connectivity index (χ1) is 7.78. The van der Waals surface area contributed by atoms with Crippen LogP contribution in [0.3, 0.4) is 0 Å². The zero-order chi connectivity index (χ0) is 11.4. The summed E-state index contributed by atoms with van der Waals surface area (Å²) in [6.45, 7) is 2.05. The van der Waals surface area contributed by atoms with Gasteiger partial charge in [0.05, 0.1) is 12.2 Å². The molecule has 1 saturated carbocycles. The van der Waals surface area contributed by atoms with Gasteiger partial charge in [-0.05, 0) is 54.2 Å². The van der Waals surface area contributed by atoms with Crippen LogP contribution >= 0.6 is 15.9 Å². The Bertz CT molecular complexity index is 304. The zero-order valence-corrected chi connectivity index (χ0v) is 11.1. The van der Waals surface area contributed by atoms with Gasteiger partial charge in [0.15, 0.2) is 0 Å².